The second-order valence-electron chi connectivity index (χ2n) is 5.71. The molecule has 0 aliphatic carbocycles. The monoisotopic (exact) mass is 287 g/mol. The maximum atomic E-state index is 12.1. The fraction of sp³-hybridized carbons (Fsp3) is 0.471. The zero-order valence-electron chi connectivity index (χ0n) is 12.1. The number of fused-ring (bicyclic) bond motifs is 1. The third-order valence-electron chi connectivity index (χ3n) is 4.09. The fourth-order valence-corrected chi connectivity index (χ4v) is 2.87. The molecule has 1 N–H and O–H groups in total. The molecule has 4 nitrogen and oxygen atoms in total. The van der Waals surface area contributed by atoms with Crippen LogP contribution >= 0.6 is 0 Å². The number of para-hydroxylation sites is 1. The van der Waals surface area contributed by atoms with E-state index < -0.39 is 6.10 Å². The summed E-state index contributed by atoms with van der Waals surface area (Å²) in [5.74, 6) is 0.677. The number of rotatable bonds is 3. The Morgan fingerprint density at radius 1 is 1.19 bits per heavy atom. The van der Waals surface area contributed by atoms with E-state index in [9.17, 15) is 9.90 Å². The highest BCUT2D eigenvalue weighted by Gasteiger charge is 2.21. The quantitative estimate of drug-likeness (QED) is 0.942. The van der Waals surface area contributed by atoms with Crippen LogP contribution in [0.3, 0.4) is 0 Å². The van der Waals surface area contributed by atoms with Crippen molar-refractivity contribution < 1.29 is 14.3 Å². The van der Waals surface area contributed by atoms with E-state index in [2.05, 4.69) is 0 Å². The number of likely N-dealkylation sites (tertiary alicyclic amines) is 1. The summed E-state index contributed by atoms with van der Waals surface area (Å²) in [5.41, 5.74) is 0.769. The molecule has 0 radical (unpaired) electrons. The van der Waals surface area contributed by atoms with Gasteiger partial charge in [0.25, 0.3) is 0 Å². The normalized spacial score (nSPS) is 18.5. The Morgan fingerprint density at radius 3 is 2.86 bits per heavy atom. The summed E-state index contributed by atoms with van der Waals surface area (Å²) in [4.78, 5) is 13.9. The van der Waals surface area contributed by atoms with Crippen molar-refractivity contribution >= 4 is 16.9 Å². The van der Waals surface area contributed by atoms with Crippen molar-refractivity contribution in [2.45, 2.75) is 38.2 Å². The number of β-amino-alcohol motifs (C(OH)–C–C–N with tert-alkyl or cyclic N) is 1. The van der Waals surface area contributed by atoms with E-state index in [0.29, 0.717) is 18.7 Å². The van der Waals surface area contributed by atoms with E-state index in [1.807, 2.05) is 30.3 Å². The lowest BCUT2D eigenvalue weighted by atomic mass is 10.1. The van der Waals surface area contributed by atoms with Crippen LogP contribution < -0.4 is 0 Å². The third-order valence-corrected chi connectivity index (χ3v) is 4.09. The van der Waals surface area contributed by atoms with Gasteiger partial charge in [0.15, 0.2) is 0 Å². The van der Waals surface area contributed by atoms with Crippen LogP contribution in [0.1, 0.15) is 44.0 Å². The molecule has 1 aromatic heterocycles. The standard InChI is InChI=1S/C17H21NO3/c19-14(12-18-10-6-2-1-3-9-17(18)20)16-11-13-7-4-5-8-15(13)21-16/h4-5,7-8,11,14,19H,1-3,6,9-10,12H2. The van der Waals surface area contributed by atoms with E-state index in [-0.39, 0.29) is 5.91 Å². The SMILES string of the molecule is O=C1CCCCCCN1CC(O)c1cc2ccccc2o1. The van der Waals surface area contributed by atoms with E-state index in [1.54, 1.807) is 4.90 Å². The Labute approximate surface area is 124 Å². The first-order valence-electron chi connectivity index (χ1n) is 7.68. The molecule has 0 spiro atoms. The molecule has 1 aliphatic rings. The van der Waals surface area contributed by atoms with Gasteiger partial charge in [-0.15, -0.1) is 0 Å². The van der Waals surface area contributed by atoms with Crippen LogP contribution in [-0.4, -0.2) is 29.0 Å². The van der Waals surface area contributed by atoms with Gasteiger partial charge in [0.2, 0.25) is 5.91 Å². The maximum absolute atomic E-state index is 12.1. The fourth-order valence-electron chi connectivity index (χ4n) is 2.87. The van der Waals surface area contributed by atoms with Crippen LogP contribution in [0.25, 0.3) is 11.0 Å². The molecule has 1 fully saturated rings. The first-order valence-corrected chi connectivity index (χ1v) is 7.68. The minimum atomic E-state index is -0.763. The Kier molecular flexibility index (Phi) is 4.25. The Hall–Kier alpha value is -1.81. The number of hydrogen-bond acceptors (Lipinski definition) is 3. The molecule has 1 saturated heterocycles. The highest BCUT2D eigenvalue weighted by molar-refractivity contribution is 5.78. The van der Waals surface area contributed by atoms with E-state index in [1.165, 1.54) is 0 Å². The maximum Gasteiger partial charge on any atom is 0.222 e. The molecule has 21 heavy (non-hydrogen) atoms. The highest BCUT2D eigenvalue weighted by atomic mass is 16.4. The Morgan fingerprint density at radius 2 is 2.00 bits per heavy atom. The molecule has 0 bridgehead atoms. The summed E-state index contributed by atoms with van der Waals surface area (Å²) in [6, 6.07) is 9.54. The summed E-state index contributed by atoms with van der Waals surface area (Å²) in [5, 5.41) is 11.3. The Balaban J connectivity index is 1.71. The highest BCUT2D eigenvalue weighted by Crippen LogP contribution is 2.25. The van der Waals surface area contributed by atoms with Crippen molar-refractivity contribution in [1.29, 1.82) is 0 Å². The lowest BCUT2D eigenvalue weighted by molar-refractivity contribution is -0.133. The predicted molar refractivity (Wildman–Crippen MR) is 80.8 cm³/mol. The van der Waals surface area contributed by atoms with Crippen molar-refractivity contribution in [1.82, 2.24) is 4.90 Å². The molecule has 3 rings (SSSR count). The minimum absolute atomic E-state index is 0.143. The first kappa shape index (κ1) is 14.1. The minimum Gasteiger partial charge on any atom is -0.458 e. The number of nitrogens with zero attached hydrogens (tertiary/aromatic N) is 1. The van der Waals surface area contributed by atoms with Crippen molar-refractivity contribution in [2.75, 3.05) is 13.1 Å². The second-order valence-corrected chi connectivity index (χ2v) is 5.71. The Bertz CT molecular complexity index is 586. The number of aliphatic hydroxyl groups is 1. The van der Waals surface area contributed by atoms with Crippen LogP contribution in [0.4, 0.5) is 0 Å². The number of carbonyl (C=O) groups is 1. The second kappa shape index (κ2) is 6.31. The summed E-state index contributed by atoms with van der Waals surface area (Å²) < 4.78 is 5.67. The van der Waals surface area contributed by atoms with Gasteiger partial charge in [-0.05, 0) is 25.0 Å². The van der Waals surface area contributed by atoms with Gasteiger partial charge in [-0.25, -0.2) is 0 Å². The van der Waals surface area contributed by atoms with Crippen molar-refractivity contribution in [3.05, 3.63) is 36.1 Å². The molecule has 2 heterocycles. The molecule has 0 saturated carbocycles. The zero-order valence-corrected chi connectivity index (χ0v) is 12.1. The molecule has 1 unspecified atom stereocenters. The predicted octanol–water partition coefficient (Wildman–Crippen LogP) is 3.26. The van der Waals surface area contributed by atoms with Gasteiger partial charge < -0.3 is 14.4 Å². The van der Waals surface area contributed by atoms with Crippen molar-refractivity contribution in [2.24, 2.45) is 0 Å². The summed E-state index contributed by atoms with van der Waals surface area (Å²) in [7, 11) is 0. The van der Waals surface area contributed by atoms with Gasteiger partial charge in [0.05, 0.1) is 6.54 Å². The van der Waals surface area contributed by atoms with Crippen molar-refractivity contribution in [3.63, 3.8) is 0 Å². The van der Waals surface area contributed by atoms with Gasteiger partial charge in [-0.2, -0.15) is 0 Å². The summed E-state index contributed by atoms with van der Waals surface area (Å²) in [6.45, 7) is 1.05. The van der Waals surface area contributed by atoms with Gasteiger partial charge in [0, 0.05) is 18.4 Å². The lowest BCUT2D eigenvalue weighted by Gasteiger charge is -2.26. The number of benzene rings is 1. The molecule has 1 aliphatic heterocycles. The molecule has 2 aromatic rings. The third kappa shape index (κ3) is 3.27. The smallest absolute Gasteiger partial charge is 0.222 e. The number of carbonyl (C=O) groups excluding carboxylic acids is 1. The largest absolute Gasteiger partial charge is 0.458 e. The van der Waals surface area contributed by atoms with Gasteiger partial charge in [-0.1, -0.05) is 31.0 Å². The molecule has 4 heteroatoms. The van der Waals surface area contributed by atoms with Crippen LogP contribution in [-0.2, 0) is 4.79 Å². The molecule has 1 amide bonds. The first-order chi connectivity index (χ1) is 10.2. The number of amides is 1. The number of aliphatic hydroxyl groups excluding tert-OH is 1. The number of furan rings is 1. The van der Waals surface area contributed by atoms with Crippen molar-refractivity contribution in [3.8, 4) is 0 Å². The molecular weight excluding hydrogens is 266 g/mol. The van der Waals surface area contributed by atoms with E-state index >= 15 is 0 Å². The molecule has 112 valence electrons. The van der Waals surface area contributed by atoms with Crippen LogP contribution in [0.2, 0.25) is 0 Å². The zero-order chi connectivity index (χ0) is 14.7. The average Bonchev–Trinajstić information content (AvgIpc) is 2.91. The molecular formula is C17H21NO3. The lowest BCUT2D eigenvalue weighted by Crippen LogP contribution is -2.36. The summed E-state index contributed by atoms with van der Waals surface area (Å²) >= 11 is 0. The van der Waals surface area contributed by atoms with E-state index in [4.69, 9.17) is 4.42 Å². The van der Waals surface area contributed by atoms with Crippen LogP contribution in [0.15, 0.2) is 34.7 Å². The van der Waals surface area contributed by atoms with Gasteiger partial charge in [-0.3, -0.25) is 4.79 Å². The average molecular weight is 287 g/mol. The summed E-state index contributed by atoms with van der Waals surface area (Å²) in [6.07, 6.45) is 4.08. The van der Waals surface area contributed by atoms with Gasteiger partial charge >= 0.3 is 0 Å². The topological polar surface area (TPSA) is 53.7 Å². The number of hydrogen-bond donors (Lipinski definition) is 1. The molecule has 1 aromatic carbocycles. The molecule has 1 atom stereocenters. The van der Waals surface area contributed by atoms with Crippen LogP contribution in [0.5, 0.6) is 0 Å². The van der Waals surface area contributed by atoms with Crippen LogP contribution in [0, 0.1) is 0 Å². The van der Waals surface area contributed by atoms with E-state index in [0.717, 1.165) is 43.2 Å². The van der Waals surface area contributed by atoms with Gasteiger partial charge in [0.1, 0.15) is 17.4 Å².